The molecule has 0 aliphatic heterocycles. The number of nitrogens with one attached hydrogen (secondary N) is 1. The average molecular weight is 427 g/mol. The Morgan fingerprint density at radius 3 is 2.66 bits per heavy atom. The Morgan fingerprint density at radius 1 is 1.07 bits per heavy atom. The fourth-order valence-corrected chi connectivity index (χ4v) is 3.71. The number of rotatable bonds is 7. The van der Waals surface area contributed by atoms with Gasteiger partial charge in [0.25, 0.3) is 5.22 Å². The summed E-state index contributed by atoms with van der Waals surface area (Å²) in [5, 5.41) is 14.7. The summed E-state index contributed by atoms with van der Waals surface area (Å²) >= 11 is 2.94. The highest BCUT2D eigenvalue weighted by Crippen LogP contribution is 2.22. The molecule has 0 saturated carbocycles. The molecule has 3 heterocycles. The van der Waals surface area contributed by atoms with Gasteiger partial charge in [-0.05, 0) is 26.0 Å². The van der Waals surface area contributed by atoms with Crippen LogP contribution in [0.2, 0.25) is 0 Å². The topological polar surface area (TPSA) is 129 Å². The van der Waals surface area contributed by atoms with E-state index in [9.17, 15) is 0 Å². The zero-order chi connectivity index (χ0) is 20.2. The van der Waals surface area contributed by atoms with Gasteiger partial charge in [0.1, 0.15) is 5.82 Å². The van der Waals surface area contributed by atoms with Crippen LogP contribution in [0.5, 0.6) is 0 Å². The monoisotopic (exact) mass is 426 g/mol. The molecular formula is C18H18N8OS2. The van der Waals surface area contributed by atoms with Crippen LogP contribution in [0.4, 0.5) is 17.6 Å². The van der Waals surface area contributed by atoms with Crippen LogP contribution in [-0.4, -0.2) is 30.1 Å². The molecule has 0 unspecified atom stereocenters. The molecule has 0 aliphatic carbocycles. The highest BCUT2D eigenvalue weighted by molar-refractivity contribution is 7.98. The van der Waals surface area contributed by atoms with Crippen molar-refractivity contribution in [3.05, 3.63) is 57.6 Å². The highest BCUT2D eigenvalue weighted by atomic mass is 32.2. The van der Waals surface area contributed by atoms with Crippen LogP contribution in [0.1, 0.15) is 28.0 Å². The van der Waals surface area contributed by atoms with Gasteiger partial charge in [-0.15, -0.1) is 21.5 Å². The molecule has 0 fully saturated rings. The third-order valence-electron chi connectivity index (χ3n) is 3.78. The van der Waals surface area contributed by atoms with Gasteiger partial charge in [0.15, 0.2) is 0 Å². The Bertz CT molecular complexity index is 1110. The van der Waals surface area contributed by atoms with Crippen molar-refractivity contribution >= 4 is 40.7 Å². The summed E-state index contributed by atoms with van der Waals surface area (Å²) in [5.74, 6) is 2.01. The number of nitrogen functional groups attached to an aromatic ring is 1. The van der Waals surface area contributed by atoms with Crippen molar-refractivity contribution in [2.45, 2.75) is 31.2 Å². The summed E-state index contributed by atoms with van der Waals surface area (Å²) in [5.41, 5.74) is 8.80. The van der Waals surface area contributed by atoms with E-state index in [0.717, 1.165) is 16.4 Å². The van der Waals surface area contributed by atoms with E-state index in [2.05, 4.69) is 35.5 Å². The number of anilines is 3. The van der Waals surface area contributed by atoms with Crippen molar-refractivity contribution in [2.24, 2.45) is 0 Å². The fraction of sp³-hybridized carbons (Fsp3) is 0.222. The zero-order valence-corrected chi connectivity index (χ0v) is 17.4. The maximum absolute atomic E-state index is 5.83. The lowest BCUT2D eigenvalue weighted by Crippen LogP contribution is -2.06. The van der Waals surface area contributed by atoms with E-state index in [1.807, 2.05) is 43.5 Å². The maximum atomic E-state index is 5.83. The number of aryl methyl sites for hydroxylation is 2. The van der Waals surface area contributed by atoms with Crippen LogP contribution in [0.15, 0.2) is 39.3 Å². The molecule has 0 spiro atoms. The molecule has 0 saturated heterocycles. The Morgan fingerprint density at radius 2 is 1.90 bits per heavy atom. The summed E-state index contributed by atoms with van der Waals surface area (Å²) in [6.45, 7) is 3.99. The number of hydrogen-bond donors (Lipinski definition) is 2. The van der Waals surface area contributed by atoms with Gasteiger partial charge < -0.3 is 15.5 Å². The Hall–Kier alpha value is -3.05. The van der Waals surface area contributed by atoms with E-state index < -0.39 is 0 Å². The van der Waals surface area contributed by atoms with Gasteiger partial charge in [-0.2, -0.15) is 15.0 Å². The second-order valence-electron chi connectivity index (χ2n) is 6.21. The molecule has 3 N–H and O–H groups in total. The van der Waals surface area contributed by atoms with Gasteiger partial charge in [0.05, 0.1) is 22.9 Å². The molecule has 11 heteroatoms. The van der Waals surface area contributed by atoms with Crippen molar-refractivity contribution in [3.8, 4) is 0 Å². The Labute approximate surface area is 175 Å². The van der Waals surface area contributed by atoms with Crippen LogP contribution < -0.4 is 11.1 Å². The first-order valence-electron chi connectivity index (χ1n) is 8.74. The fourth-order valence-electron chi connectivity index (χ4n) is 2.46. The van der Waals surface area contributed by atoms with Gasteiger partial charge in [0, 0.05) is 11.1 Å². The Kier molecular flexibility index (Phi) is 5.67. The van der Waals surface area contributed by atoms with E-state index in [1.54, 1.807) is 11.3 Å². The minimum Gasteiger partial charge on any atom is -0.416 e. The molecule has 0 bridgehead atoms. The van der Waals surface area contributed by atoms with Crippen LogP contribution in [0, 0.1) is 13.8 Å². The van der Waals surface area contributed by atoms with Crippen molar-refractivity contribution < 1.29 is 4.42 Å². The quantitative estimate of drug-likeness (QED) is 0.423. The van der Waals surface area contributed by atoms with Gasteiger partial charge in [-0.3, -0.25) is 0 Å². The highest BCUT2D eigenvalue weighted by Gasteiger charge is 2.12. The van der Waals surface area contributed by atoms with Crippen LogP contribution >= 0.6 is 23.1 Å². The SMILES string of the molecule is Cc1ccc(Nc2nc(N)nc(CSc3nnc(Cc4csc(C)n4)o3)n2)cc1. The molecule has 0 atom stereocenters. The number of thiazole rings is 1. The largest absolute Gasteiger partial charge is 0.416 e. The Balaban J connectivity index is 1.39. The van der Waals surface area contributed by atoms with Gasteiger partial charge in [-0.1, -0.05) is 29.5 Å². The number of hydrogen-bond acceptors (Lipinski definition) is 11. The number of thioether (sulfide) groups is 1. The molecular weight excluding hydrogens is 408 g/mol. The van der Waals surface area contributed by atoms with E-state index in [4.69, 9.17) is 10.2 Å². The summed E-state index contributed by atoms with van der Waals surface area (Å²) in [4.78, 5) is 17.1. The second kappa shape index (κ2) is 8.53. The van der Waals surface area contributed by atoms with Crippen molar-refractivity contribution in [2.75, 3.05) is 11.1 Å². The van der Waals surface area contributed by atoms with Crippen molar-refractivity contribution in [1.29, 1.82) is 0 Å². The van der Waals surface area contributed by atoms with Crippen molar-refractivity contribution in [3.63, 3.8) is 0 Å². The van der Waals surface area contributed by atoms with Crippen molar-refractivity contribution in [1.82, 2.24) is 30.1 Å². The molecule has 0 radical (unpaired) electrons. The van der Waals surface area contributed by atoms with E-state index in [1.165, 1.54) is 17.3 Å². The summed E-state index contributed by atoms with van der Waals surface area (Å²) in [6.07, 6.45) is 0.515. The number of nitrogens with two attached hydrogens (primary N) is 1. The predicted octanol–water partition coefficient (Wildman–Crippen LogP) is 3.54. The first kappa shape index (κ1) is 19.3. The molecule has 0 aliphatic rings. The molecule has 9 nitrogen and oxygen atoms in total. The summed E-state index contributed by atoms with van der Waals surface area (Å²) in [7, 11) is 0. The van der Waals surface area contributed by atoms with Crippen LogP contribution in [0.3, 0.4) is 0 Å². The molecule has 4 aromatic rings. The van der Waals surface area contributed by atoms with Crippen LogP contribution in [0.25, 0.3) is 0 Å². The molecule has 0 amide bonds. The first-order chi connectivity index (χ1) is 14.0. The average Bonchev–Trinajstić information content (AvgIpc) is 3.30. The molecule has 148 valence electrons. The van der Waals surface area contributed by atoms with Gasteiger partial charge in [-0.25, -0.2) is 4.98 Å². The predicted molar refractivity (Wildman–Crippen MR) is 112 cm³/mol. The lowest BCUT2D eigenvalue weighted by molar-refractivity contribution is 0.419. The van der Waals surface area contributed by atoms with E-state index in [0.29, 0.717) is 35.1 Å². The van der Waals surface area contributed by atoms with E-state index in [-0.39, 0.29) is 5.95 Å². The number of nitrogens with zero attached hydrogens (tertiary/aromatic N) is 6. The standard InChI is InChI=1S/C18H18N8OS2/c1-10-3-5-12(6-4-10)21-17-23-14(22-16(19)24-17)9-29-18-26-25-15(27-18)7-13-8-28-11(2)20-13/h3-6,8H,7,9H2,1-2H3,(H3,19,21,22,23,24). The lowest BCUT2D eigenvalue weighted by Gasteiger charge is -2.07. The third-order valence-corrected chi connectivity index (χ3v) is 5.42. The lowest BCUT2D eigenvalue weighted by atomic mass is 10.2. The van der Waals surface area contributed by atoms with Gasteiger partial charge >= 0.3 is 0 Å². The van der Waals surface area contributed by atoms with E-state index >= 15 is 0 Å². The normalized spacial score (nSPS) is 11.0. The smallest absolute Gasteiger partial charge is 0.277 e. The minimum atomic E-state index is 0.148. The van der Waals surface area contributed by atoms with Crippen LogP contribution in [-0.2, 0) is 12.2 Å². The molecule has 29 heavy (non-hydrogen) atoms. The maximum Gasteiger partial charge on any atom is 0.277 e. The minimum absolute atomic E-state index is 0.148. The number of benzene rings is 1. The number of aromatic nitrogens is 6. The molecule has 1 aromatic carbocycles. The van der Waals surface area contributed by atoms with Gasteiger partial charge in [0.2, 0.25) is 17.8 Å². The zero-order valence-electron chi connectivity index (χ0n) is 15.8. The second-order valence-corrected chi connectivity index (χ2v) is 8.20. The molecule has 3 aromatic heterocycles. The molecule has 4 rings (SSSR count). The first-order valence-corrected chi connectivity index (χ1v) is 10.6. The third kappa shape index (κ3) is 5.27. The summed E-state index contributed by atoms with van der Waals surface area (Å²) < 4.78 is 5.67. The summed E-state index contributed by atoms with van der Waals surface area (Å²) in [6, 6.07) is 7.91.